The molecule has 0 rings (SSSR count). The molecule has 0 aromatic rings. The fourth-order valence-corrected chi connectivity index (χ4v) is 7.32. The van der Waals surface area contributed by atoms with Crippen LogP contribution in [0.3, 0.4) is 0 Å². The highest BCUT2D eigenvalue weighted by Gasteiger charge is 2.24. The Kier molecular flexibility index (Phi) is 43.2. The number of hydrogen-bond acceptors (Lipinski definition) is 5. The van der Waals surface area contributed by atoms with Crippen LogP contribution in [-0.2, 0) is 14.3 Å². The molecule has 1 amide bonds. The molecule has 3 atom stereocenters. The monoisotopic (exact) mass is 800 g/mol. The third-order valence-corrected chi connectivity index (χ3v) is 11.0. The minimum atomic E-state index is -0.791. The molecule has 0 spiro atoms. The van der Waals surface area contributed by atoms with Gasteiger partial charge in [0.15, 0.2) is 0 Å². The Balaban J connectivity index is 4.63. The summed E-state index contributed by atoms with van der Waals surface area (Å²) in [5.41, 5.74) is 0. The summed E-state index contributed by atoms with van der Waals surface area (Å²) in [6, 6.07) is -0.706. The van der Waals surface area contributed by atoms with Gasteiger partial charge in [-0.1, -0.05) is 230 Å². The largest absolute Gasteiger partial charge is 0.462 e. The van der Waals surface area contributed by atoms with Crippen molar-refractivity contribution in [3.63, 3.8) is 0 Å². The van der Waals surface area contributed by atoms with Gasteiger partial charge in [0.1, 0.15) is 6.10 Å². The summed E-state index contributed by atoms with van der Waals surface area (Å²) in [4.78, 5) is 26.0. The lowest BCUT2D eigenvalue weighted by molar-refractivity contribution is -0.151. The van der Waals surface area contributed by atoms with Crippen LogP contribution in [0.1, 0.15) is 239 Å². The van der Waals surface area contributed by atoms with Gasteiger partial charge in [0.05, 0.1) is 25.2 Å². The Hall–Kier alpha value is -2.18. The zero-order valence-corrected chi connectivity index (χ0v) is 37.7. The predicted molar refractivity (Wildman–Crippen MR) is 245 cm³/mol. The van der Waals surface area contributed by atoms with Gasteiger partial charge in [0.2, 0.25) is 5.91 Å². The first-order valence-electron chi connectivity index (χ1n) is 24.4. The van der Waals surface area contributed by atoms with Gasteiger partial charge >= 0.3 is 5.97 Å². The quantitative estimate of drug-likeness (QED) is 0.0324. The summed E-state index contributed by atoms with van der Waals surface area (Å²) < 4.78 is 5.90. The Labute approximate surface area is 353 Å². The zero-order chi connectivity index (χ0) is 41.7. The van der Waals surface area contributed by atoms with E-state index in [0.717, 1.165) is 64.2 Å². The van der Waals surface area contributed by atoms with E-state index in [2.05, 4.69) is 50.4 Å². The first kappa shape index (κ1) is 54.8. The Bertz CT molecular complexity index is 988. The molecule has 6 heteroatoms. The van der Waals surface area contributed by atoms with Crippen molar-refractivity contribution in [3.8, 4) is 0 Å². The summed E-state index contributed by atoms with van der Waals surface area (Å²) in [6.45, 7) is 6.32. The van der Waals surface area contributed by atoms with Crippen molar-refractivity contribution in [3.05, 3.63) is 48.6 Å². The van der Waals surface area contributed by atoms with Crippen molar-refractivity contribution in [1.29, 1.82) is 0 Å². The van der Waals surface area contributed by atoms with E-state index in [4.69, 9.17) is 4.74 Å². The molecule has 332 valence electrons. The number of allylic oxidation sites excluding steroid dienone is 8. The van der Waals surface area contributed by atoms with Crippen molar-refractivity contribution < 1.29 is 24.5 Å². The topological polar surface area (TPSA) is 95.9 Å². The Morgan fingerprint density at radius 3 is 1.42 bits per heavy atom. The van der Waals surface area contributed by atoms with Crippen molar-refractivity contribution in [2.24, 2.45) is 0 Å². The van der Waals surface area contributed by atoms with Gasteiger partial charge in [-0.2, -0.15) is 0 Å². The molecular formula is C51H93NO5. The summed E-state index contributed by atoms with van der Waals surface area (Å²) in [7, 11) is 0. The molecule has 0 saturated carbocycles. The molecule has 6 nitrogen and oxygen atoms in total. The van der Waals surface area contributed by atoms with E-state index < -0.39 is 18.2 Å². The second-order valence-corrected chi connectivity index (χ2v) is 16.6. The fraction of sp³-hybridized carbons (Fsp3) is 0.804. The first-order chi connectivity index (χ1) is 28.0. The lowest BCUT2D eigenvalue weighted by Crippen LogP contribution is -2.46. The van der Waals surface area contributed by atoms with Crippen LogP contribution in [0, 0.1) is 0 Å². The van der Waals surface area contributed by atoms with Crippen molar-refractivity contribution in [2.75, 3.05) is 6.61 Å². The van der Waals surface area contributed by atoms with Crippen LogP contribution in [0.15, 0.2) is 48.6 Å². The molecule has 0 aliphatic heterocycles. The number of carbonyl (C=O) groups excluding carboxylic acids is 2. The minimum absolute atomic E-state index is 0.0636. The van der Waals surface area contributed by atoms with E-state index in [0.29, 0.717) is 19.3 Å². The number of amides is 1. The molecule has 0 saturated heterocycles. The smallest absolute Gasteiger partial charge is 0.306 e. The van der Waals surface area contributed by atoms with Gasteiger partial charge in [-0.15, -0.1) is 0 Å². The number of ether oxygens (including phenoxy) is 1. The Morgan fingerprint density at radius 2 is 0.947 bits per heavy atom. The predicted octanol–water partition coefficient (Wildman–Crippen LogP) is 14.3. The molecule has 0 aliphatic carbocycles. The number of hydrogen-bond donors (Lipinski definition) is 3. The molecule has 0 heterocycles. The molecular weight excluding hydrogens is 707 g/mol. The van der Waals surface area contributed by atoms with Gasteiger partial charge in [-0.3, -0.25) is 9.59 Å². The zero-order valence-electron chi connectivity index (χ0n) is 37.7. The standard InChI is InChI=1S/C51H93NO5/c1-4-7-10-13-16-19-21-23-24-25-27-28-31-33-36-39-42-47(57-51(56)44-41-38-35-32-29-26-22-20-17-14-11-8-5-2)45-50(55)52-48(46-53)49(54)43-40-37-34-30-18-15-12-9-6-3/h8,11,14,17,20,22,26,29,47-49,53-54H,4-7,9-10,12-13,15-16,18-19,21,23-25,27-28,30-46H2,1-3H3,(H,52,55)/b11-8+,17-14+,22-20-,29-26-. The lowest BCUT2D eigenvalue weighted by Gasteiger charge is -2.24. The molecule has 0 aromatic heterocycles. The minimum Gasteiger partial charge on any atom is -0.462 e. The van der Waals surface area contributed by atoms with Crippen LogP contribution < -0.4 is 5.32 Å². The van der Waals surface area contributed by atoms with Gasteiger partial charge in [0, 0.05) is 6.42 Å². The third kappa shape index (κ3) is 40.4. The summed E-state index contributed by atoms with van der Waals surface area (Å²) >= 11 is 0. The van der Waals surface area contributed by atoms with Crippen molar-refractivity contribution >= 4 is 11.9 Å². The van der Waals surface area contributed by atoms with Gasteiger partial charge in [0.25, 0.3) is 0 Å². The van der Waals surface area contributed by atoms with Crippen LogP contribution in [0.5, 0.6) is 0 Å². The highest BCUT2D eigenvalue weighted by molar-refractivity contribution is 5.77. The molecule has 0 fully saturated rings. The molecule has 0 bridgehead atoms. The van der Waals surface area contributed by atoms with Crippen LogP contribution >= 0.6 is 0 Å². The summed E-state index contributed by atoms with van der Waals surface area (Å²) in [6.07, 6.45) is 53.2. The maximum Gasteiger partial charge on any atom is 0.306 e. The van der Waals surface area contributed by atoms with Crippen molar-refractivity contribution in [2.45, 2.75) is 257 Å². The molecule has 0 aromatic carbocycles. The van der Waals surface area contributed by atoms with Crippen LogP contribution in [0.2, 0.25) is 0 Å². The normalized spacial score (nSPS) is 13.7. The highest BCUT2D eigenvalue weighted by Crippen LogP contribution is 2.18. The molecule has 0 radical (unpaired) electrons. The van der Waals surface area contributed by atoms with Crippen molar-refractivity contribution in [1.82, 2.24) is 5.32 Å². The third-order valence-electron chi connectivity index (χ3n) is 11.0. The average Bonchev–Trinajstić information content (AvgIpc) is 3.20. The average molecular weight is 800 g/mol. The summed E-state index contributed by atoms with van der Waals surface area (Å²) in [5, 5.41) is 23.6. The first-order valence-corrected chi connectivity index (χ1v) is 24.4. The van der Waals surface area contributed by atoms with Gasteiger partial charge in [-0.05, 0) is 44.9 Å². The second-order valence-electron chi connectivity index (χ2n) is 16.6. The number of aliphatic hydroxyl groups is 2. The van der Waals surface area contributed by atoms with Crippen LogP contribution in [0.25, 0.3) is 0 Å². The molecule has 3 unspecified atom stereocenters. The lowest BCUT2D eigenvalue weighted by atomic mass is 10.0. The number of unbranched alkanes of at least 4 members (excludes halogenated alkanes) is 26. The molecule has 0 aliphatic rings. The fourth-order valence-electron chi connectivity index (χ4n) is 7.32. The van der Waals surface area contributed by atoms with E-state index in [1.807, 2.05) is 24.3 Å². The second kappa shape index (κ2) is 44.9. The van der Waals surface area contributed by atoms with Gasteiger partial charge < -0.3 is 20.3 Å². The number of aliphatic hydroxyl groups excluding tert-OH is 2. The summed E-state index contributed by atoms with van der Waals surface area (Å²) in [5.74, 6) is -0.515. The number of carbonyl (C=O) groups is 2. The van der Waals surface area contributed by atoms with E-state index in [-0.39, 0.29) is 24.9 Å². The van der Waals surface area contributed by atoms with E-state index >= 15 is 0 Å². The highest BCUT2D eigenvalue weighted by atomic mass is 16.5. The number of rotatable bonds is 43. The molecule has 3 N–H and O–H groups in total. The number of nitrogens with one attached hydrogen (secondary N) is 1. The van der Waals surface area contributed by atoms with Gasteiger partial charge in [-0.25, -0.2) is 0 Å². The maximum absolute atomic E-state index is 13.1. The SMILES string of the molecule is CC/C=C/C=C/C=C\C=C/CCCCCC(=O)OC(CCCCCCCCCCCCCCCCCC)CC(=O)NC(CO)C(O)CCCCCCCCCCC. The van der Waals surface area contributed by atoms with Crippen LogP contribution in [0.4, 0.5) is 0 Å². The number of esters is 1. The van der Waals surface area contributed by atoms with Crippen LogP contribution in [-0.4, -0.2) is 46.9 Å². The Morgan fingerprint density at radius 1 is 0.526 bits per heavy atom. The van der Waals surface area contributed by atoms with E-state index in [1.54, 1.807) is 0 Å². The van der Waals surface area contributed by atoms with E-state index in [1.165, 1.54) is 128 Å². The maximum atomic E-state index is 13.1. The molecule has 57 heavy (non-hydrogen) atoms. The van der Waals surface area contributed by atoms with E-state index in [9.17, 15) is 19.8 Å².